The standard InChI is InChI=1S/C18H39NO8/c1-19(2)3-5-21-7-9-23-11-13-25-15-17-27-18-16-26-14-12-24-10-8-22-6-4-20/h20H,3-18H2,1-2H3. The molecule has 27 heavy (non-hydrogen) atoms. The van der Waals surface area contributed by atoms with Gasteiger partial charge in [0.15, 0.2) is 0 Å². The first-order chi connectivity index (χ1) is 13.3. The van der Waals surface area contributed by atoms with Crippen molar-refractivity contribution < 1.29 is 38.3 Å². The second kappa shape index (κ2) is 23.7. The summed E-state index contributed by atoms with van der Waals surface area (Å²) in [6, 6.07) is 0. The van der Waals surface area contributed by atoms with Crippen LogP contribution in [0.2, 0.25) is 0 Å². The third-order valence-corrected chi connectivity index (χ3v) is 3.15. The van der Waals surface area contributed by atoms with Gasteiger partial charge in [0.05, 0.1) is 99.1 Å². The molecule has 164 valence electrons. The molecule has 0 aliphatic carbocycles. The molecule has 9 heteroatoms. The maximum atomic E-state index is 8.52. The molecule has 0 aromatic rings. The molecule has 0 aliphatic heterocycles. The van der Waals surface area contributed by atoms with Crippen molar-refractivity contribution in [1.29, 1.82) is 0 Å². The zero-order chi connectivity index (χ0) is 19.8. The van der Waals surface area contributed by atoms with Crippen LogP contribution < -0.4 is 0 Å². The molecule has 0 heterocycles. The van der Waals surface area contributed by atoms with E-state index < -0.39 is 0 Å². The number of hydrogen-bond acceptors (Lipinski definition) is 9. The van der Waals surface area contributed by atoms with Crippen LogP contribution in [0, 0.1) is 0 Å². The fourth-order valence-corrected chi connectivity index (χ4v) is 1.73. The molecule has 0 aromatic heterocycles. The van der Waals surface area contributed by atoms with Crippen molar-refractivity contribution >= 4 is 0 Å². The quantitative estimate of drug-likeness (QED) is 0.233. The molecular weight excluding hydrogens is 358 g/mol. The van der Waals surface area contributed by atoms with Crippen LogP contribution in [0.1, 0.15) is 0 Å². The molecular formula is C18H39NO8. The van der Waals surface area contributed by atoms with Gasteiger partial charge in [0, 0.05) is 6.54 Å². The highest BCUT2D eigenvalue weighted by Crippen LogP contribution is 1.85. The van der Waals surface area contributed by atoms with Crippen molar-refractivity contribution in [2.45, 2.75) is 0 Å². The van der Waals surface area contributed by atoms with E-state index in [-0.39, 0.29) is 6.61 Å². The van der Waals surface area contributed by atoms with E-state index in [0.717, 1.165) is 13.2 Å². The van der Waals surface area contributed by atoms with E-state index in [1.165, 1.54) is 0 Å². The Balaban J connectivity index is 2.97. The molecule has 0 atom stereocenters. The van der Waals surface area contributed by atoms with Crippen molar-refractivity contribution in [3.8, 4) is 0 Å². The van der Waals surface area contributed by atoms with E-state index >= 15 is 0 Å². The highest BCUT2D eigenvalue weighted by molar-refractivity contribution is 4.40. The van der Waals surface area contributed by atoms with Crippen LogP contribution in [-0.4, -0.2) is 130 Å². The van der Waals surface area contributed by atoms with E-state index in [1.807, 2.05) is 14.1 Å². The lowest BCUT2D eigenvalue weighted by molar-refractivity contribution is -0.0217. The van der Waals surface area contributed by atoms with Gasteiger partial charge in [-0.15, -0.1) is 0 Å². The summed E-state index contributed by atoms with van der Waals surface area (Å²) in [7, 11) is 4.04. The lowest BCUT2D eigenvalue weighted by Crippen LogP contribution is -2.19. The van der Waals surface area contributed by atoms with Crippen LogP contribution >= 0.6 is 0 Å². The van der Waals surface area contributed by atoms with Crippen LogP contribution in [-0.2, 0) is 33.2 Å². The summed E-state index contributed by atoms with van der Waals surface area (Å²) in [4.78, 5) is 2.08. The predicted octanol–water partition coefficient (Wildman–Crippen LogP) is -0.343. The van der Waals surface area contributed by atoms with Crippen molar-refractivity contribution in [1.82, 2.24) is 4.90 Å². The van der Waals surface area contributed by atoms with Crippen LogP contribution in [0.15, 0.2) is 0 Å². The van der Waals surface area contributed by atoms with Gasteiger partial charge in [-0.25, -0.2) is 0 Å². The Hall–Kier alpha value is -0.360. The smallest absolute Gasteiger partial charge is 0.0701 e. The Morgan fingerprint density at radius 2 is 0.704 bits per heavy atom. The maximum Gasteiger partial charge on any atom is 0.0701 e. The Morgan fingerprint density at radius 3 is 0.963 bits per heavy atom. The van der Waals surface area contributed by atoms with E-state index in [2.05, 4.69) is 4.90 Å². The normalized spacial score (nSPS) is 11.6. The molecule has 1 N–H and O–H groups in total. The Labute approximate surface area is 163 Å². The first-order valence-corrected chi connectivity index (χ1v) is 9.57. The minimum atomic E-state index is 0.0366. The molecule has 0 radical (unpaired) electrons. The zero-order valence-corrected chi connectivity index (χ0v) is 17.1. The maximum absolute atomic E-state index is 8.52. The molecule has 0 spiro atoms. The predicted molar refractivity (Wildman–Crippen MR) is 101 cm³/mol. The number of aliphatic hydroxyl groups excluding tert-OH is 1. The summed E-state index contributed by atoms with van der Waals surface area (Å²) in [5.74, 6) is 0. The summed E-state index contributed by atoms with van der Waals surface area (Å²) < 4.78 is 37.3. The number of rotatable bonds is 23. The molecule has 0 saturated carbocycles. The topological polar surface area (TPSA) is 88.1 Å². The Bertz CT molecular complexity index is 272. The highest BCUT2D eigenvalue weighted by Gasteiger charge is 1.95. The van der Waals surface area contributed by atoms with Gasteiger partial charge in [0.1, 0.15) is 0 Å². The summed E-state index contributed by atoms with van der Waals surface area (Å²) in [5, 5.41) is 8.52. The van der Waals surface area contributed by atoms with Gasteiger partial charge in [-0.2, -0.15) is 0 Å². The summed E-state index contributed by atoms with van der Waals surface area (Å²) >= 11 is 0. The SMILES string of the molecule is CN(C)CCOCCOCCOCCOCCOCCOCCOCCO. The van der Waals surface area contributed by atoms with Crippen LogP contribution in [0.5, 0.6) is 0 Å². The van der Waals surface area contributed by atoms with E-state index in [9.17, 15) is 0 Å². The average molecular weight is 398 g/mol. The van der Waals surface area contributed by atoms with Gasteiger partial charge in [-0.3, -0.25) is 0 Å². The Morgan fingerprint density at radius 1 is 0.444 bits per heavy atom. The van der Waals surface area contributed by atoms with Gasteiger partial charge in [-0.05, 0) is 14.1 Å². The minimum Gasteiger partial charge on any atom is -0.394 e. The molecule has 0 fully saturated rings. The van der Waals surface area contributed by atoms with Crippen LogP contribution in [0.25, 0.3) is 0 Å². The third-order valence-electron chi connectivity index (χ3n) is 3.15. The minimum absolute atomic E-state index is 0.0366. The molecule has 0 unspecified atom stereocenters. The van der Waals surface area contributed by atoms with E-state index in [0.29, 0.717) is 85.9 Å². The molecule has 0 rings (SSSR count). The first kappa shape index (κ1) is 26.6. The van der Waals surface area contributed by atoms with Crippen molar-refractivity contribution in [3.63, 3.8) is 0 Å². The number of nitrogens with zero attached hydrogens (tertiary/aromatic N) is 1. The fourth-order valence-electron chi connectivity index (χ4n) is 1.73. The van der Waals surface area contributed by atoms with Crippen LogP contribution in [0.4, 0.5) is 0 Å². The fraction of sp³-hybridized carbons (Fsp3) is 1.00. The number of likely N-dealkylation sites (N-methyl/N-ethyl adjacent to an activating group) is 1. The van der Waals surface area contributed by atoms with Gasteiger partial charge in [0.2, 0.25) is 0 Å². The molecule has 0 aromatic carbocycles. The molecule has 0 aliphatic rings. The van der Waals surface area contributed by atoms with Gasteiger partial charge >= 0.3 is 0 Å². The molecule has 0 bridgehead atoms. The van der Waals surface area contributed by atoms with Gasteiger partial charge in [-0.1, -0.05) is 0 Å². The zero-order valence-electron chi connectivity index (χ0n) is 17.1. The highest BCUT2D eigenvalue weighted by atomic mass is 16.6. The second-order valence-corrected chi connectivity index (χ2v) is 5.81. The third kappa shape index (κ3) is 25.6. The van der Waals surface area contributed by atoms with Gasteiger partial charge < -0.3 is 43.2 Å². The van der Waals surface area contributed by atoms with Gasteiger partial charge in [0.25, 0.3) is 0 Å². The van der Waals surface area contributed by atoms with Crippen molar-refractivity contribution in [2.24, 2.45) is 0 Å². The van der Waals surface area contributed by atoms with Crippen molar-refractivity contribution in [3.05, 3.63) is 0 Å². The first-order valence-electron chi connectivity index (χ1n) is 9.57. The summed E-state index contributed by atoms with van der Waals surface area (Å²) in [5.41, 5.74) is 0. The number of aliphatic hydroxyl groups is 1. The molecule has 0 amide bonds. The second-order valence-electron chi connectivity index (χ2n) is 5.81. The van der Waals surface area contributed by atoms with Crippen molar-refractivity contribution in [2.75, 3.05) is 120 Å². The lowest BCUT2D eigenvalue weighted by atomic mass is 10.6. The summed E-state index contributed by atoms with van der Waals surface area (Å²) in [6.07, 6.45) is 0. The molecule has 0 saturated heterocycles. The summed E-state index contributed by atoms with van der Waals surface area (Å²) in [6.45, 7) is 8.51. The number of ether oxygens (including phenoxy) is 7. The average Bonchev–Trinajstić information content (AvgIpc) is 2.65. The lowest BCUT2D eigenvalue weighted by Gasteiger charge is -2.10. The van der Waals surface area contributed by atoms with Crippen LogP contribution in [0.3, 0.4) is 0 Å². The largest absolute Gasteiger partial charge is 0.394 e. The number of hydrogen-bond donors (Lipinski definition) is 1. The Kier molecular flexibility index (Phi) is 23.4. The molecule has 9 nitrogen and oxygen atoms in total. The monoisotopic (exact) mass is 397 g/mol. The van der Waals surface area contributed by atoms with E-state index in [4.69, 9.17) is 38.3 Å². The van der Waals surface area contributed by atoms with E-state index in [1.54, 1.807) is 0 Å².